The van der Waals surface area contributed by atoms with Gasteiger partial charge in [-0.25, -0.2) is 17.9 Å². The SMILES string of the molecule is CCOc1ccc(CCNS(=O)(=O)c2ccccc2C(=O)OC)cc1OC. The van der Waals surface area contributed by atoms with E-state index in [4.69, 9.17) is 9.47 Å². The molecule has 7 nitrogen and oxygen atoms in total. The van der Waals surface area contributed by atoms with Crippen molar-refractivity contribution in [1.29, 1.82) is 0 Å². The van der Waals surface area contributed by atoms with Crippen molar-refractivity contribution in [3.05, 3.63) is 53.6 Å². The highest BCUT2D eigenvalue weighted by Crippen LogP contribution is 2.28. The summed E-state index contributed by atoms with van der Waals surface area (Å²) in [5.41, 5.74) is 0.884. The number of ether oxygens (including phenoxy) is 3. The zero-order valence-electron chi connectivity index (χ0n) is 15.5. The molecule has 8 heteroatoms. The molecule has 0 aliphatic carbocycles. The number of carbonyl (C=O) groups excluding carboxylic acids is 1. The summed E-state index contributed by atoms with van der Waals surface area (Å²) in [6.45, 7) is 2.57. The van der Waals surface area contributed by atoms with Gasteiger partial charge in [-0.05, 0) is 43.2 Å². The summed E-state index contributed by atoms with van der Waals surface area (Å²) in [5.74, 6) is 0.525. The first-order valence-corrected chi connectivity index (χ1v) is 9.88. The van der Waals surface area contributed by atoms with Crippen LogP contribution in [0.15, 0.2) is 47.4 Å². The van der Waals surface area contributed by atoms with Crippen molar-refractivity contribution in [2.45, 2.75) is 18.2 Å². The first-order valence-electron chi connectivity index (χ1n) is 8.39. The second-order valence-electron chi connectivity index (χ2n) is 5.55. The number of methoxy groups -OCH3 is 2. The van der Waals surface area contributed by atoms with Crippen molar-refractivity contribution in [3.8, 4) is 11.5 Å². The molecule has 0 heterocycles. The van der Waals surface area contributed by atoms with Crippen molar-refractivity contribution in [3.63, 3.8) is 0 Å². The Morgan fingerprint density at radius 3 is 2.48 bits per heavy atom. The van der Waals surface area contributed by atoms with Gasteiger partial charge in [-0.2, -0.15) is 0 Å². The van der Waals surface area contributed by atoms with Crippen LogP contribution in [-0.2, 0) is 21.2 Å². The Morgan fingerprint density at radius 2 is 1.81 bits per heavy atom. The van der Waals surface area contributed by atoms with E-state index in [0.29, 0.717) is 24.5 Å². The molecule has 1 N–H and O–H groups in total. The van der Waals surface area contributed by atoms with E-state index in [1.54, 1.807) is 25.3 Å². The fraction of sp³-hybridized carbons (Fsp3) is 0.316. The summed E-state index contributed by atoms with van der Waals surface area (Å²) in [6, 6.07) is 11.4. The summed E-state index contributed by atoms with van der Waals surface area (Å²) >= 11 is 0. The van der Waals surface area contributed by atoms with Crippen LogP contribution in [0.25, 0.3) is 0 Å². The van der Waals surface area contributed by atoms with Gasteiger partial charge in [-0.15, -0.1) is 0 Å². The quantitative estimate of drug-likeness (QED) is 0.658. The average molecular weight is 393 g/mol. The molecule has 2 aromatic rings. The maximum Gasteiger partial charge on any atom is 0.339 e. The standard InChI is InChI=1S/C19H23NO6S/c1-4-26-16-10-9-14(13-17(16)24-2)11-12-20-27(22,23)18-8-6-5-7-15(18)19(21)25-3/h5-10,13,20H,4,11-12H2,1-3H3. The minimum Gasteiger partial charge on any atom is -0.493 e. The third-order valence-corrected chi connectivity index (χ3v) is 5.33. The van der Waals surface area contributed by atoms with Crippen molar-refractivity contribution in [1.82, 2.24) is 4.72 Å². The lowest BCUT2D eigenvalue weighted by Crippen LogP contribution is -2.27. The van der Waals surface area contributed by atoms with Gasteiger partial charge in [-0.3, -0.25) is 0 Å². The molecule has 0 aliphatic heterocycles. The van der Waals surface area contributed by atoms with Crippen LogP contribution in [0.5, 0.6) is 11.5 Å². The third kappa shape index (κ3) is 5.21. The normalized spacial score (nSPS) is 11.1. The molecule has 0 atom stereocenters. The van der Waals surface area contributed by atoms with E-state index in [1.165, 1.54) is 19.2 Å². The Hall–Kier alpha value is -2.58. The zero-order chi connectivity index (χ0) is 19.9. The molecule has 0 saturated heterocycles. The molecule has 0 spiro atoms. The molecule has 0 radical (unpaired) electrons. The Bertz CT molecular complexity index is 895. The van der Waals surface area contributed by atoms with Gasteiger partial charge < -0.3 is 14.2 Å². The fourth-order valence-corrected chi connectivity index (χ4v) is 3.75. The van der Waals surface area contributed by atoms with Crippen LogP contribution in [0.4, 0.5) is 0 Å². The van der Waals surface area contributed by atoms with E-state index in [1.807, 2.05) is 19.1 Å². The summed E-state index contributed by atoms with van der Waals surface area (Å²) in [6.07, 6.45) is 0.447. The Morgan fingerprint density at radius 1 is 1.07 bits per heavy atom. The smallest absolute Gasteiger partial charge is 0.339 e. The number of rotatable bonds is 9. The molecule has 27 heavy (non-hydrogen) atoms. The van der Waals surface area contributed by atoms with Crippen molar-refractivity contribution < 1.29 is 27.4 Å². The van der Waals surface area contributed by atoms with Gasteiger partial charge in [0.2, 0.25) is 10.0 Å². The first-order chi connectivity index (χ1) is 12.9. The molecule has 0 aliphatic rings. The molecule has 146 valence electrons. The number of hydrogen-bond acceptors (Lipinski definition) is 6. The van der Waals surface area contributed by atoms with Crippen LogP contribution in [-0.4, -0.2) is 41.8 Å². The van der Waals surface area contributed by atoms with E-state index in [2.05, 4.69) is 9.46 Å². The topological polar surface area (TPSA) is 90.9 Å². The zero-order valence-corrected chi connectivity index (χ0v) is 16.3. The highest BCUT2D eigenvalue weighted by atomic mass is 32.2. The van der Waals surface area contributed by atoms with Crippen LogP contribution in [0.2, 0.25) is 0 Å². The van der Waals surface area contributed by atoms with Crippen molar-refractivity contribution in [2.24, 2.45) is 0 Å². The molecule has 0 unspecified atom stereocenters. The maximum absolute atomic E-state index is 12.6. The molecule has 2 rings (SSSR count). The molecule has 0 bridgehead atoms. The summed E-state index contributed by atoms with van der Waals surface area (Å²) in [4.78, 5) is 11.7. The minimum atomic E-state index is -3.86. The van der Waals surface area contributed by atoms with Gasteiger partial charge in [0, 0.05) is 6.54 Å². The fourth-order valence-electron chi connectivity index (χ4n) is 2.53. The molecular formula is C19H23NO6S. The van der Waals surface area contributed by atoms with Crippen molar-refractivity contribution >= 4 is 16.0 Å². The Labute approximate surface area is 159 Å². The van der Waals surface area contributed by atoms with Crippen LogP contribution in [0.1, 0.15) is 22.8 Å². The van der Waals surface area contributed by atoms with Crippen LogP contribution in [0, 0.1) is 0 Å². The average Bonchev–Trinajstić information content (AvgIpc) is 2.68. The highest BCUT2D eigenvalue weighted by molar-refractivity contribution is 7.89. The van der Waals surface area contributed by atoms with E-state index >= 15 is 0 Å². The third-order valence-electron chi connectivity index (χ3n) is 3.82. The van der Waals surface area contributed by atoms with Crippen LogP contribution >= 0.6 is 0 Å². The molecular weight excluding hydrogens is 370 g/mol. The largest absolute Gasteiger partial charge is 0.493 e. The number of benzene rings is 2. The van der Waals surface area contributed by atoms with Gasteiger partial charge in [0.05, 0.1) is 31.3 Å². The number of esters is 1. The molecule has 0 amide bonds. The molecule has 0 saturated carbocycles. The number of carbonyl (C=O) groups is 1. The van der Waals surface area contributed by atoms with Gasteiger partial charge in [0.15, 0.2) is 11.5 Å². The van der Waals surface area contributed by atoms with E-state index < -0.39 is 16.0 Å². The lowest BCUT2D eigenvalue weighted by Gasteiger charge is -2.12. The molecule has 0 aromatic heterocycles. The molecule has 2 aromatic carbocycles. The second-order valence-corrected chi connectivity index (χ2v) is 7.29. The molecule has 0 fully saturated rings. The number of sulfonamides is 1. The lowest BCUT2D eigenvalue weighted by atomic mass is 10.1. The van der Waals surface area contributed by atoms with E-state index in [-0.39, 0.29) is 17.0 Å². The monoisotopic (exact) mass is 393 g/mol. The highest BCUT2D eigenvalue weighted by Gasteiger charge is 2.22. The second kappa shape index (κ2) is 9.38. The minimum absolute atomic E-state index is 0.00441. The van der Waals surface area contributed by atoms with Crippen LogP contribution < -0.4 is 14.2 Å². The summed E-state index contributed by atoms with van der Waals surface area (Å²) in [5, 5.41) is 0. The van der Waals surface area contributed by atoms with Gasteiger partial charge in [0.25, 0.3) is 0 Å². The van der Waals surface area contributed by atoms with Crippen LogP contribution in [0.3, 0.4) is 0 Å². The Balaban J connectivity index is 2.10. The van der Waals surface area contributed by atoms with Gasteiger partial charge in [-0.1, -0.05) is 18.2 Å². The lowest BCUT2D eigenvalue weighted by molar-refractivity contribution is 0.0596. The number of nitrogens with one attached hydrogen (secondary N) is 1. The first kappa shape index (κ1) is 20.7. The number of hydrogen-bond donors (Lipinski definition) is 1. The Kier molecular flexibility index (Phi) is 7.20. The van der Waals surface area contributed by atoms with Crippen molar-refractivity contribution in [2.75, 3.05) is 27.4 Å². The maximum atomic E-state index is 12.6. The van der Waals surface area contributed by atoms with E-state index in [0.717, 1.165) is 5.56 Å². The summed E-state index contributed by atoms with van der Waals surface area (Å²) in [7, 11) is -1.10. The summed E-state index contributed by atoms with van der Waals surface area (Å²) < 4.78 is 43.0. The van der Waals surface area contributed by atoms with E-state index in [9.17, 15) is 13.2 Å². The van der Waals surface area contributed by atoms with Gasteiger partial charge >= 0.3 is 5.97 Å². The predicted octanol–water partition coefficient (Wildman–Crippen LogP) is 2.40. The van der Waals surface area contributed by atoms with Gasteiger partial charge in [0.1, 0.15) is 0 Å². The predicted molar refractivity (Wildman–Crippen MR) is 101 cm³/mol.